The summed E-state index contributed by atoms with van der Waals surface area (Å²) in [7, 11) is 0. The lowest BCUT2D eigenvalue weighted by Crippen LogP contribution is -2.17. The van der Waals surface area contributed by atoms with Crippen molar-refractivity contribution in [2.45, 2.75) is 6.92 Å². The lowest BCUT2D eigenvalue weighted by atomic mass is 10.1. The minimum Gasteiger partial charge on any atom is -0.400 e. The summed E-state index contributed by atoms with van der Waals surface area (Å²) in [5.41, 5.74) is 3.75. The van der Waals surface area contributed by atoms with Gasteiger partial charge in [0.25, 0.3) is 5.91 Å². The number of carbonyl (C=O) groups is 1. The van der Waals surface area contributed by atoms with Gasteiger partial charge in [-0.2, -0.15) is 5.10 Å². The Bertz CT molecular complexity index is 676. The molecule has 102 valence electrons. The highest BCUT2D eigenvalue weighted by molar-refractivity contribution is 5.94. The Morgan fingerprint density at radius 1 is 1.40 bits per heavy atom. The van der Waals surface area contributed by atoms with Crippen molar-refractivity contribution in [3.8, 4) is 0 Å². The molecule has 0 aliphatic heterocycles. The van der Waals surface area contributed by atoms with E-state index < -0.39 is 4.92 Å². The molecule has 7 heteroatoms. The molecule has 0 fully saturated rings. The standard InChI is InChI=1S/C13H11N3O4/c1-9-3-2-4-10(7-9)13(17)15-14-8-11-5-6-12(20-11)16(18)19/h2-8H,1H3,(H,15,17)/b14-8+. The van der Waals surface area contributed by atoms with E-state index in [-0.39, 0.29) is 17.6 Å². The summed E-state index contributed by atoms with van der Waals surface area (Å²) < 4.78 is 4.85. The lowest BCUT2D eigenvalue weighted by Gasteiger charge is -2.00. The van der Waals surface area contributed by atoms with Gasteiger partial charge in [-0.25, -0.2) is 5.43 Å². The highest BCUT2D eigenvalue weighted by Gasteiger charge is 2.10. The van der Waals surface area contributed by atoms with Gasteiger partial charge < -0.3 is 4.42 Å². The average Bonchev–Trinajstić information content (AvgIpc) is 2.87. The van der Waals surface area contributed by atoms with Crippen LogP contribution in [0.25, 0.3) is 0 Å². The van der Waals surface area contributed by atoms with Crippen LogP contribution in [0.5, 0.6) is 0 Å². The minimum atomic E-state index is -0.650. The maximum absolute atomic E-state index is 11.7. The topological polar surface area (TPSA) is 97.7 Å². The summed E-state index contributed by atoms with van der Waals surface area (Å²) in [5, 5.41) is 14.1. The number of hydrazone groups is 1. The monoisotopic (exact) mass is 273 g/mol. The Morgan fingerprint density at radius 2 is 2.20 bits per heavy atom. The van der Waals surface area contributed by atoms with E-state index in [1.54, 1.807) is 18.2 Å². The molecule has 1 amide bonds. The van der Waals surface area contributed by atoms with Gasteiger partial charge in [-0.15, -0.1) is 0 Å². The maximum Gasteiger partial charge on any atom is 0.433 e. The van der Waals surface area contributed by atoms with E-state index in [0.29, 0.717) is 5.56 Å². The zero-order valence-electron chi connectivity index (χ0n) is 10.6. The van der Waals surface area contributed by atoms with Crippen molar-refractivity contribution in [2.24, 2.45) is 5.10 Å². The van der Waals surface area contributed by atoms with E-state index >= 15 is 0 Å². The summed E-state index contributed by atoms with van der Waals surface area (Å²) in [4.78, 5) is 21.5. The van der Waals surface area contributed by atoms with Crippen molar-refractivity contribution in [1.29, 1.82) is 0 Å². The fraction of sp³-hybridized carbons (Fsp3) is 0.0769. The number of amides is 1. The molecule has 0 saturated heterocycles. The molecule has 2 rings (SSSR count). The van der Waals surface area contributed by atoms with Gasteiger partial charge in [-0.1, -0.05) is 17.7 Å². The Labute approximate surface area is 114 Å². The first kappa shape index (κ1) is 13.5. The first-order chi connectivity index (χ1) is 9.56. The summed E-state index contributed by atoms with van der Waals surface area (Å²) >= 11 is 0. The normalized spacial score (nSPS) is 10.7. The first-order valence-corrected chi connectivity index (χ1v) is 5.70. The first-order valence-electron chi connectivity index (χ1n) is 5.70. The van der Waals surface area contributed by atoms with E-state index in [0.717, 1.165) is 5.56 Å². The average molecular weight is 273 g/mol. The summed E-state index contributed by atoms with van der Waals surface area (Å²) in [6, 6.07) is 9.63. The molecule has 0 unspecified atom stereocenters. The van der Waals surface area contributed by atoms with Crippen molar-refractivity contribution in [3.05, 3.63) is 63.4 Å². The Morgan fingerprint density at radius 3 is 2.85 bits per heavy atom. The van der Waals surface area contributed by atoms with Crippen LogP contribution in [-0.2, 0) is 0 Å². The predicted molar refractivity (Wildman–Crippen MR) is 71.6 cm³/mol. The third-order valence-corrected chi connectivity index (χ3v) is 2.43. The van der Waals surface area contributed by atoms with Crippen molar-refractivity contribution in [1.82, 2.24) is 5.43 Å². The third kappa shape index (κ3) is 3.29. The molecule has 1 heterocycles. The second kappa shape index (κ2) is 5.79. The van der Waals surface area contributed by atoms with Crippen LogP contribution in [0.15, 0.2) is 45.9 Å². The van der Waals surface area contributed by atoms with E-state index in [4.69, 9.17) is 4.42 Å². The number of carbonyl (C=O) groups excluding carboxylic acids is 1. The number of nitrogens with one attached hydrogen (secondary N) is 1. The molecule has 2 aromatic rings. The molecule has 0 bridgehead atoms. The SMILES string of the molecule is Cc1cccc(C(=O)N/N=C/c2ccc([N+](=O)[O-])o2)c1. The van der Waals surface area contributed by atoms with Crippen molar-refractivity contribution in [2.75, 3.05) is 0 Å². The number of rotatable bonds is 4. The van der Waals surface area contributed by atoms with Gasteiger partial charge in [0.2, 0.25) is 0 Å². The van der Waals surface area contributed by atoms with E-state index in [9.17, 15) is 14.9 Å². The van der Waals surface area contributed by atoms with Gasteiger partial charge in [0.15, 0.2) is 5.76 Å². The molecule has 0 spiro atoms. The fourth-order valence-corrected chi connectivity index (χ4v) is 1.52. The number of aryl methyl sites for hydroxylation is 1. The number of hydrogen-bond donors (Lipinski definition) is 1. The van der Waals surface area contributed by atoms with Crippen LogP contribution in [0, 0.1) is 17.0 Å². The van der Waals surface area contributed by atoms with Crippen LogP contribution >= 0.6 is 0 Å². The molecule has 1 N–H and O–H groups in total. The summed E-state index contributed by atoms with van der Waals surface area (Å²) in [5.74, 6) is -0.566. The summed E-state index contributed by atoms with van der Waals surface area (Å²) in [6.07, 6.45) is 1.20. The van der Waals surface area contributed by atoms with Crippen molar-refractivity contribution >= 4 is 18.0 Å². The molecule has 20 heavy (non-hydrogen) atoms. The molecular weight excluding hydrogens is 262 g/mol. The number of nitrogens with zero attached hydrogens (tertiary/aromatic N) is 2. The third-order valence-electron chi connectivity index (χ3n) is 2.43. The van der Waals surface area contributed by atoms with Crippen molar-refractivity contribution in [3.63, 3.8) is 0 Å². The molecule has 0 aliphatic carbocycles. The zero-order valence-corrected chi connectivity index (χ0v) is 10.6. The number of benzene rings is 1. The van der Waals surface area contributed by atoms with Crippen LogP contribution < -0.4 is 5.43 Å². The molecule has 0 radical (unpaired) electrons. The van der Waals surface area contributed by atoms with Gasteiger partial charge >= 0.3 is 5.88 Å². The van der Waals surface area contributed by atoms with Crippen LogP contribution in [-0.4, -0.2) is 17.0 Å². The van der Waals surface area contributed by atoms with Crippen molar-refractivity contribution < 1.29 is 14.1 Å². The van der Waals surface area contributed by atoms with Gasteiger partial charge in [0.05, 0.1) is 12.3 Å². The quantitative estimate of drug-likeness (QED) is 0.524. The van der Waals surface area contributed by atoms with Gasteiger partial charge in [-0.3, -0.25) is 14.9 Å². The number of furan rings is 1. The fourth-order valence-electron chi connectivity index (χ4n) is 1.52. The van der Waals surface area contributed by atoms with Crippen LogP contribution in [0.1, 0.15) is 21.7 Å². The van der Waals surface area contributed by atoms with Crippen LogP contribution in [0.4, 0.5) is 5.88 Å². The number of nitro groups is 1. The minimum absolute atomic E-state index is 0.182. The highest BCUT2D eigenvalue weighted by Crippen LogP contribution is 2.13. The smallest absolute Gasteiger partial charge is 0.400 e. The Kier molecular flexibility index (Phi) is 3.90. The largest absolute Gasteiger partial charge is 0.433 e. The zero-order chi connectivity index (χ0) is 14.5. The van der Waals surface area contributed by atoms with Gasteiger partial charge in [-0.05, 0) is 25.1 Å². The molecular formula is C13H11N3O4. The van der Waals surface area contributed by atoms with E-state index in [1.165, 1.54) is 18.3 Å². The summed E-state index contributed by atoms with van der Waals surface area (Å²) in [6.45, 7) is 1.88. The Balaban J connectivity index is 1.99. The highest BCUT2D eigenvalue weighted by atomic mass is 16.6. The van der Waals surface area contributed by atoms with Gasteiger partial charge in [0, 0.05) is 5.56 Å². The lowest BCUT2D eigenvalue weighted by molar-refractivity contribution is -0.402. The van der Waals surface area contributed by atoms with Crippen LogP contribution in [0.2, 0.25) is 0 Å². The number of hydrogen-bond acceptors (Lipinski definition) is 5. The molecule has 7 nitrogen and oxygen atoms in total. The molecule has 1 aromatic carbocycles. The molecule has 0 aliphatic rings. The Hall–Kier alpha value is -2.96. The molecule has 0 saturated carbocycles. The predicted octanol–water partition coefficient (Wildman–Crippen LogP) is 2.26. The van der Waals surface area contributed by atoms with E-state index in [2.05, 4.69) is 10.5 Å². The second-order valence-electron chi connectivity index (χ2n) is 4.00. The second-order valence-corrected chi connectivity index (χ2v) is 4.00. The van der Waals surface area contributed by atoms with E-state index in [1.807, 2.05) is 13.0 Å². The maximum atomic E-state index is 11.7. The van der Waals surface area contributed by atoms with Crippen LogP contribution in [0.3, 0.4) is 0 Å². The molecule has 1 aromatic heterocycles. The molecule has 0 atom stereocenters. The van der Waals surface area contributed by atoms with Gasteiger partial charge in [0.1, 0.15) is 4.92 Å².